The molecule has 0 bridgehead atoms. The van der Waals surface area contributed by atoms with E-state index >= 15 is 0 Å². The summed E-state index contributed by atoms with van der Waals surface area (Å²) in [5.74, 6) is 0. The molecular formula is C7H11N3. The summed E-state index contributed by atoms with van der Waals surface area (Å²) in [5, 5.41) is 0. The molecule has 10 heavy (non-hydrogen) atoms. The maximum absolute atomic E-state index is 5.59. The summed E-state index contributed by atoms with van der Waals surface area (Å²) in [7, 11) is 0. The number of nitrogens with two attached hydrogens (primary N) is 2. The summed E-state index contributed by atoms with van der Waals surface area (Å²) < 4.78 is 0. The Kier molecular flexibility index (Phi) is 1.87. The Balaban J connectivity index is 3.07. The van der Waals surface area contributed by atoms with Crippen molar-refractivity contribution in [1.29, 1.82) is 0 Å². The summed E-state index contributed by atoms with van der Waals surface area (Å²) >= 11 is 0. The number of hydrogen-bond acceptors (Lipinski definition) is 3. The van der Waals surface area contributed by atoms with Gasteiger partial charge in [0.25, 0.3) is 0 Å². The molecule has 0 fully saturated rings. The van der Waals surface area contributed by atoms with E-state index in [1.807, 2.05) is 13.0 Å². The molecule has 0 spiro atoms. The SMILES string of the molecule is Cc1cnc(CN)c(N)c1. The summed E-state index contributed by atoms with van der Waals surface area (Å²) in [6.45, 7) is 2.36. The molecule has 1 aromatic rings. The molecule has 1 aromatic heterocycles. The Hall–Kier alpha value is -1.09. The fraction of sp³-hybridized carbons (Fsp3) is 0.286. The number of rotatable bonds is 1. The van der Waals surface area contributed by atoms with Gasteiger partial charge in [-0.1, -0.05) is 0 Å². The zero-order chi connectivity index (χ0) is 7.56. The second kappa shape index (κ2) is 2.66. The Morgan fingerprint density at radius 1 is 1.60 bits per heavy atom. The molecule has 0 saturated carbocycles. The third-order valence-electron chi connectivity index (χ3n) is 1.33. The van der Waals surface area contributed by atoms with Gasteiger partial charge < -0.3 is 11.5 Å². The van der Waals surface area contributed by atoms with Gasteiger partial charge in [-0.3, -0.25) is 4.98 Å². The summed E-state index contributed by atoms with van der Waals surface area (Å²) in [5.41, 5.74) is 13.5. The highest BCUT2D eigenvalue weighted by Gasteiger charge is 1.96. The van der Waals surface area contributed by atoms with Crippen LogP contribution in [0, 0.1) is 6.92 Å². The van der Waals surface area contributed by atoms with Gasteiger partial charge in [-0.15, -0.1) is 0 Å². The second-order valence-electron chi connectivity index (χ2n) is 2.25. The van der Waals surface area contributed by atoms with Crippen LogP contribution in [-0.4, -0.2) is 4.98 Å². The maximum atomic E-state index is 5.59. The highest BCUT2D eigenvalue weighted by atomic mass is 14.8. The van der Waals surface area contributed by atoms with Gasteiger partial charge in [-0.2, -0.15) is 0 Å². The van der Waals surface area contributed by atoms with Crippen LogP contribution in [0.25, 0.3) is 0 Å². The average molecular weight is 137 g/mol. The van der Waals surface area contributed by atoms with Gasteiger partial charge in [0, 0.05) is 12.7 Å². The zero-order valence-electron chi connectivity index (χ0n) is 5.96. The van der Waals surface area contributed by atoms with Gasteiger partial charge in [-0.25, -0.2) is 0 Å². The molecule has 1 rings (SSSR count). The van der Waals surface area contributed by atoms with Crippen molar-refractivity contribution in [3.63, 3.8) is 0 Å². The minimum absolute atomic E-state index is 0.409. The fourth-order valence-electron chi connectivity index (χ4n) is 0.791. The maximum Gasteiger partial charge on any atom is 0.0768 e. The molecule has 0 unspecified atom stereocenters. The zero-order valence-corrected chi connectivity index (χ0v) is 5.96. The fourth-order valence-corrected chi connectivity index (χ4v) is 0.791. The van der Waals surface area contributed by atoms with E-state index in [1.165, 1.54) is 0 Å². The lowest BCUT2D eigenvalue weighted by atomic mass is 10.2. The molecule has 3 nitrogen and oxygen atoms in total. The van der Waals surface area contributed by atoms with E-state index in [0.717, 1.165) is 11.3 Å². The normalized spacial score (nSPS) is 9.80. The Bertz CT molecular complexity index is 232. The highest BCUT2D eigenvalue weighted by Crippen LogP contribution is 2.08. The van der Waals surface area contributed by atoms with Crippen molar-refractivity contribution in [1.82, 2.24) is 4.98 Å². The standard InChI is InChI=1S/C7H11N3/c1-5-2-6(9)7(3-8)10-4-5/h2,4H,3,8-9H2,1H3. The first-order valence-electron chi connectivity index (χ1n) is 3.15. The average Bonchev–Trinajstić information content (AvgIpc) is 1.88. The highest BCUT2D eigenvalue weighted by molar-refractivity contribution is 5.44. The number of nitrogens with zero attached hydrogens (tertiary/aromatic N) is 1. The molecule has 0 aliphatic rings. The molecule has 0 amide bonds. The molecule has 54 valence electrons. The minimum Gasteiger partial charge on any atom is -0.397 e. The van der Waals surface area contributed by atoms with E-state index in [4.69, 9.17) is 11.5 Å². The number of hydrogen-bond donors (Lipinski definition) is 2. The first kappa shape index (κ1) is 7.02. The topological polar surface area (TPSA) is 64.9 Å². The predicted molar refractivity (Wildman–Crippen MR) is 41.3 cm³/mol. The van der Waals surface area contributed by atoms with Crippen molar-refractivity contribution in [3.8, 4) is 0 Å². The molecule has 0 atom stereocenters. The van der Waals surface area contributed by atoms with Crippen LogP contribution in [0.4, 0.5) is 5.69 Å². The number of anilines is 1. The second-order valence-corrected chi connectivity index (χ2v) is 2.25. The van der Waals surface area contributed by atoms with Gasteiger partial charge in [-0.05, 0) is 18.6 Å². The van der Waals surface area contributed by atoms with Crippen molar-refractivity contribution >= 4 is 5.69 Å². The molecule has 0 aliphatic heterocycles. The van der Waals surface area contributed by atoms with Gasteiger partial charge in [0.15, 0.2) is 0 Å². The predicted octanol–water partition coefficient (Wildman–Crippen LogP) is 0.431. The van der Waals surface area contributed by atoms with E-state index < -0.39 is 0 Å². The van der Waals surface area contributed by atoms with E-state index in [2.05, 4.69) is 4.98 Å². The summed E-state index contributed by atoms with van der Waals surface area (Å²) in [6.07, 6.45) is 1.76. The number of aromatic nitrogens is 1. The van der Waals surface area contributed by atoms with Crippen LogP contribution in [0.3, 0.4) is 0 Å². The van der Waals surface area contributed by atoms with Crippen LogP contribution < -0.4 is 11.5 Å². The van der Waals surface area contributed by atoms with Gasteiger partial charge in [0.1, 0.15) is 0 Å². The van der Waals surface area contributed by atoms with E-state index in [9.17, 15) is 0 Å². The number of aryl methyl sites for hydroxylation is 1. The lowest BCUT2D eigenvalue weighted by Gasteiger charge is -2.00. The largest absolute Gasteiger partial charge is 0.397 e. The van der Waals surface area contributed by atoms with Crippen molar-refractivity contribution in [2.75, 3.05) is 5.73 Å². The van der Waals surface area contributed by atoms with Crippen LogP contribution >= 0.6 is 0 Å². The summed E-state index contributed by atoms with van der Waals surface area (Å²) in [6, 6.07) is 1.87. The smallest absolute Gasteiger partial charge is 0.0768 e. The lowest BCUT2D eigenvalue weighted by Crippen LogP contribution is -2.04. The molecule has 3 heteroatoms. The van der Waals surface area contributed by atoms with Gasteiger partial charge in [0.2, 0.25) is 0 Å². The molecule has 0 aromatic carbocycles. The van der Waals surface area contributed by atoms with Crippen LogP contribution in [0.1, 0.15) is 11.3 Å². The molecule has 1 heterocycles. The van der Waals surface area contributed by atoms with Crippen LogP contribution in [0.5, 0.6) is 0 Å². The Morgan fingerprint density at radius 2 is 2.30 bits per heavy atom. The molecule has 0 aliphatic carbocycles. The molecule has 4 N–H and O–H groups in total. The summed E-state index contributed by atoms with van der Waals surface area (Å²) in [4.78, 5) is 4.05. The lowest BCUT2D eigenvalue weighted by molar-refractivity contribution is 0.990. The van der Waals surface area contributed by atoms with Crippen LogP contribution in [-0.2, 0) is 6.54 Å². The first-order chi connectivity index (χ1) is 4.74. The number of pyridine rings is 1. The van der Waals surface area contributed by atoms with Gasteiger partial charge in [0.05, 0.1) is 11.4 Å². The molecule has 0 radical (unpaired) electrons. The van der Waals surface area contributed by atoms with Crippen LogP contribution in [0.15, 0.2) is 12.3 Å². The Labute approximate surface area is 60.1 Å². The number of nitrogen functional groups attached to an aromatic ring is 1. The quantitative estimate of drug-likeness (QED) is 0.590. The van der Waals surface area contributed by atoms with Crippen molar-refractivity contribution in [2.45, 2.75) is 13.5 Å². The van der Waals surface area contributed by atoms with E-state index in [-0.39, 0.29) is 0 Å². The molecular weight excluding hydrogens is 126 g/mol. The third-order valence-corrected chi connectivity index (χ3v) is 1.33. The first-order valence-corrected chi connectivity index (χ1v) is 3.15. The van der Waals surface area contributed by atoms with E-state index in [1.54, 1.807) is 6.20 Å². The van der Waals surface area contributed by atoms with Crippen molar-refractivity contribution in [2.24, 2.45) is 5.73 Å². The van der Waals surface area contributed by atoms with E-state index in [0.29, 0.717) is 12.2 Å². The van der Waals surface area contributed by atoms with Crippen molar-refractivity contribution < 1.29 is 0 Å². The van der Waals surface area contributed by atoms with Gasteiger partial charge >= 0.3 is 0 Å². The van der Waals surface area contributed by atoms with Crippen LogP contribution in [0.2, 0.25) is 0 Å². The third kappa shape index (κ3) is 1.25. The minimum atomic E-state index is 0.409. The van der Waals surface area contributed by atoms with Crippen molar-refractivity contribution in [3.05, 3.63) is 23.5 Å². The molecule has 0 saturated heterocycles. The monoisotopic (exact) mass is 137 g/mol. The Morgan fingerprint density at radius 3 is 2.80 bits per heavy atom.